The van der Waals surface area contributed by atoms with Gasteiger partial charge in [0.05, 0.1) is 11.1 Å². The van der Waals surface area contributed by atoms with Crippen molar-refractivity contribution in [3.8, 4) is 0 Å². The Labute approximate surface area is 121 Å². The lowest BCUT2D eigenvalue weighted by molar-refractivity contribution is -0.138. The molecule has 0 aliphatic rings. The van der Waals surface area contributed by atoms with Gasteiger partial charge < -0.3 is 0 Å². The summed E-state index contributed by atoms with van der Waals surface area (Å²) in [5.41, 5.74) is -2.29. The van der Waals surface area contributed by atoms with Crippen LogP contribution in [-0.4, -0.2) is 5.78 Å². The van der Waals surface area contributed by atoms with Gasteiger partial charge in [0, 0.05) is 11.1 Å². The highest BCUT2D eigenvalue weighted by atomic mass is 19.4. The zero-order chi connectivity index (χ0) is 16.5. The van der Waals surface area contributed by atoms with E-state index in [4.69, 9.17) is 0 Å². The van der Waals surface area contributed by atoms with Crippen molar-refractivity contribution in [1.82, 2.24) is 0 Å². The summed E-state index contributed by atoms with van der Waals surface area (Å²) in [5.74, 6) is -0.778. The summed E-state index contributed by atoms with van der Waals surface area (Å²) in [4.78, 5) is 12.0. The van der Waals surface area contributed by atoms with E-state index in [1.807, 2.05) is 0 Å². The molecule has 0 aliphatic heterocycles. The molecule has 0 bridgehead atoms. The van der Waals surface area contributed by atoms with Crippen molar-refractivity contribution in [2.45, 2.75) is 12.4 Å². The van der Waals surface area contributed by atoms with E-state index in [2.05, 4.69) is 0 Å². The highest BCUT2D eigenvalue weighted by Crippen LogP contribution is 2.31. The van der Waals surface area contributed by atoms with Crippen LogP contribution in [0.2, 0.25) is 0 Å². The summed E-state index contributed by atoms with van der Waals surface area (Å²) < 4.78 is 75.0. The second-order valence-electron chi connectivity index (χ2n) is 4.48. The minimum absolute atomic E-state index is 0.118. The third kappa shape index (κ3) is 3.47. The fourth-order valence-corrected chi connectivity index (χ4v) is 1.81. The maximum atomic E-state index is 12.6. The average molecular weight is 318 g/mol. The summed E-state index contributed by atoms with van der Waals surface area (Å²) in [6, 6.07) is 7.01. The number of halogens is 6. The van der Waals surface area contributed by atoms with Gasteiger partial charge in [-0.1, -0.05) is 24.3 Å². The van der Waals surface area contributed by atoms with Gasteiger partial charge in [-0.15, -0.1) is 0 Å². The van der Waals surface area contributed by atoms with E-state index >= 15 is 0 Å². The van der Waals surface area contributed by atoms with Crippen molar-refractivity contribution in [2.75, 3.05) is 0 Å². The molecule has 0 unspecified atom stereocenters. The van der Waals surface area contributed by atoms with Crippen molar-refractivity contribution < 1.29 is 31.1 Å². The van der Waals surface area contributed by atoms with Crippen molar-refractivity contribution in [3.05, 3.63) is 70.8 Å². The van der Waals surface area contributed by atoms with E-state index in [9.17, 15) is 31.1 Å². The first-order valence-corrected chi connectivity index (χ1v) is 5.98. The number of carbonyl (C=O) groups excluding carboxylic acids is 1. The Morgan fingerprint density at radius 2 is 1.23 bits per heavy atom. The Hall–Kier alpha value is -2.31. The molecule has 0 atom stereocenters. The van der Waals surface area contributed by atoms with E-state index in [1.54, 1.807) is 0 Å². The minimum Gasteiger partial charge on any atom is -0.289 e. The van der Waals surface area contributed by atoms with E-state index in [-0.39, 0.29) is 11.1 Å². The molecule has 0 aromatic heterocycles. The van der Waals surface area contributed by atoms with Crippen LogP contribution in [0.25, 0.3) is 0 Å². The smallest absolute Gasteiger partial charge is 0.289 e. The van der Waals surface area contributed by atoms with Crippen LogP contribution in [0.4, 0.5) is 26.3 Å². The van der Waals surface area contributed by atoms with Gasteiger partial charge in [0.2, 0.25) is 0 Å². The second kappa shape index (κ2) is 5.47. The van der Waals surface area contributed by atoms with E-state index in [0.717, 1.165) is 24.3 Å². The number of carbonyl (C=O) groups is 1. The number of hydrogen-bond acceptors (Lipinski definition) is 1. The van der Waals surface area contributed by atoms with Gasteiger partial charge in [0.25, 0.3) is 0 Å². The van der Waals surface area contributed by atoms with E-state index < -0.39 is 29.3 Å². The largest absolute Gasteiger partial charge is 0.416 e. The molecule has 22 heavy (non-hydrogen) atoms. The molecule has 0 radical (unpaired) electrons. The molecule has 0 aliphatic carbocycles. The first kappa shape index (κ1) is 16.1. The molecule has 0 N–H and O–H groups in total. The molecule has 0 saturated carbocycles. The predicted molar refractivity (Wildman–Crippen MR) is 66.3 cm³/mol. The molecule has 0 heterocycles. The van der Waals surface area contributed by atoms with Crippen LogP contribution in [0, 0.1) is 0 Å². The molecule has 2 aromatic rings. The van der Waals surface area contributed by atoms with Crippen LogP contribution in [-0.2, 0) is 12.4 Å². The van der Waals surface area contributed by atoms with Crippen molar-refractivity contribution >= 4 is 5.78 Å². The Morgan fingerprint density at radius 3 is 1.73 bits per heavy atom. The molecule has 7 heteroatoms. The third-order valence-corrected chi connectivity index (χ3v) is 2.93. The standard InChI is InChI=1S/C15H8F6O/c16-14(17,18)11-6-4-9(5-7-11)13(22)10-2-1-3-12(8-10)15(19,20)21/h1-8H. The van der Waals surface area contributed by atoms with Gasteiger partial charge in [0.1, 0.15) is 0 Å². The van der Waals surface area contributed by atoms with E-state index in [0.29, 0.717) is 18.2 Å². The topological polar surface area (TPSA) is 17.1 Å². The molecular weight excluding hydrogens is 310 g/mol. The van der Waals surface area contributed by atoms with Crippen LogP contribution in [0.15, 0.2) is 48.5 Å². The lowest BCUT2D eigenvalue weighted by atomic mass is 10.00. The number of benzene rings is 2. The highest BCUT2D eigenvalue weighted by Gasteiger charge is 2.32. The van der Waals surface area contributed by atoms with E-state index in [1.165, 1.54) is 6.07 Å². The van der Waals surface area contributed by atoms with Gasteiger partial charge >= 0.3 is 12.4 Å². The van der Waals surface area contributed by atoms with Crippen LogP contribution >= 0.6 is 0 Å². The lowest BCUT2D eigenvalue weighted by Crippen LogP contribution is -2.09. The van der Waals surface area contributed by atoms with Gasteiger partial charge in [-0.05, 0) is 24.3 Å². The zero-order valence-corrected chi connectivity index (χ0v) is 10.8. The first-order chi connectivity index (χ1) is 10.1. The zero-order valence-electron chi connectivity index (χ0n) is 10.8. The molecule has 2 rings (SSSR count). The lowest BCUT2D eigenvalue weighted by Gasteiger charge is -2.09. The van der Waals surface area contributed by atoms with Crippen LogP contribution in [0.1, 0.15) is 27.0 Å². The number of rotatable bonds is 2. The monoisotopic (exact) mass is 318 g/mol. The van der Waals surface area contributed by atoms with Crippen LogP contribution < -0.4 is 0 Å². The second-order valence-corrected chi connectivity index (χ2v) is 4.48. The van der Waals surface area contributed by atoms with Crippen molar-refractivity contribution in [3.63, 3.8) is 0 Å². The third-order valence-electron chi connectivity index (χ3n) is 2.93. The molecule has 1 nitrogen and oxygen atoms in total. The number of hydrogen-bond donors (Lipinski definition) is 0. The van der Waals surface area contributed by atoms with Crippen LogP contribution in [0.5, 0.6) is 0 Å². The van der Waals surface area contributed by atoms with Crippen LogP contribution in [0.3, 0.4) is 0 Å². The predicted octanol–water partition coefficient (Wildman–Crippen LogP) is 4.96. The summed E-state index contributed by atoms with van der Waals surface area (Å²) in [7, 11) is 0. The normalized spacial score (nSPS) is 12.3. The molecule has 0 spiro atoms. The van der Waals surface area contributed by atoms with Gasteiger partial charge in [-0.3, -0.25) is 4.79 Å². The van der Waals surface area contributed by atoms with Crippen molar-refractivity contribution in [2.24, 2.45) is 0 Å². The Balaban J connectivity index is 2.33. The molecule has 0 fully saturated rings. The number of ketones is 1. The molecule has 2 aromatic carbocycles. The maximum absolute atomic E-state index is 12.6. The molecule has 0 amide bonds. The van der Waals surface area contributed by atoms with Gasteiger partial charge in [-0.25, -0.2) is 0 Å². The Kier molecular flexibility index (Phi) is 4.00. The maximum Gasteiger partial charge on any atom is 0.416 e. The quantitative estimate of drug-likeness (QED) is 0.565. The first-order valence-electron chi connectivity index (χ1n) is 5.98. The Morgan fingerprint density at radius 1 is 0.682 bits per heavy atom. The highest BCUT2D eigenvalue weighted by molar-refractivity contribution is 6.09. The number of alkyl halides is 6. The molecule has 0 saturated heterocycles. The summed E-state index contributed by atoms with van der Waals surface area (Å²) in [6.45, 7) is 0. The molecular formula is C15H8F6O. The van der Waals surface area contributed by atoms with Gasteiger partial charge in [0.15, 0.2) is 5.78 Å². The fourth-order valence-electron chi connectivity index (χ4n) is 1.81. The van der Waals surface area contributed by atoms with Crippen molar-refractivity contribution in [1.29, 1.82) is 0 Å². The molecule has 116 valence electrons. The Bertz CT molecular complexity index is 682. The summed E-state index contributed by atoms with van der Waals surface area (Å²) in [5, 5.41) is 0. The summed E-state index contributed by atoms with van der Waals surface area (Å²) in [6.07, 6.45) is -9.14. The van der Waals surface area contributed by atoms with Gasteiger partial charge in [-0.2, -0.15) is 26.3 Å². The minimum atomic E-state index is -4.60. The average Bonchev–Trinajstić information content (AvgIpc) is 2.45. The SMILES string of the molecule is O=C(c1ccc(C(F)(F)F)cc1)c1cccc(C(F)(F)F)c1. The fraction of sp³-hybridized carbons (Fsp3) is 0.133. The summed E-state index contributed by atoms with van der Waals surface area (Å²) >= 11 is 0.